The van der Waals surface area contributed by atoms with Crippen LogP contribution in [-0.4, -0.2) is 80.7 Å². The molecule has 0 atom stereocenters. The number of nitrogens with two attached hydrogens (primary N) is 3. The molecule has 2 saturated heterocycles. The molecule has 22 heteroatoms. The number of hydrogen-bond acceptors (Lipinski definition) is 15. The molecule has 4 aliphatic heterocycles. The van der Waals surface area contributed by atoms with Crippen molar-refractivity contribution in [2.75, 3.05) is 47.4 Å². The van der Waals surface area contributed by atoms with Crippen LogP contribution in [0.15, 0.2) is 56.1 Å². The van der Waals surface area contributed by atoms with Gasteiger partial charge in [-0.3, -0.25) is 9.59 Å². The molecule has 3 amide bonds. The van der Waals surface area contributed by atoms with Crippen molar-refractivity contribution in [2.45, 2.75) is 105 Å². The van der Waals surface area contributed by atoms with Crippen LogP contribution in [0.25, 0.3) is 0 Å². The minimum absolute atomic E-state index is 0. The molecule has 0 saturated carbocycles. The zero-order valence-electron chi connectivity index (χ0n) is 36.0. The first kappa shape index (κ1) is 51.2. The summed E-state index contributed by atoms with van der Waals surface area (Å²) in [5.74, 6) is 2.12. The fourth-order valence-electron chi connectivity index (χ4n) is 7.20. The zero-order chi connectivity index (χ0) is 45.1. The van der Waals surface area contributed by atoms with Gasteiger partial charge < -0.3 is 60.3 Å². The van der Waals surface area contributed by atoms with Crippen molar-refractivity contribution in [3.8, 4) is 0 Å². The van der Waals surface area contributed by atoms with Crippen LogP contribution in [0.3, 0.4) is 0 Å². The van der Waals surface area contributed by atoms with Gasteiger partial charge in [-0.2, -0.15) is 4.90 Å². The minimum atomic E-state index is -0.511. The van der Waals surface area contributed by atoms with Crippen LogP contribution in [0.5, 0.6) is 0 Å². The Bertz CT molecular complexity index is 2340. The molecule has 0 aromatic carbocycles. The monoisotopic (exact) mass is 1030 g/mol. The number of alkyl carbamates (subject to hydrolysis) is 1. The fourth-order valence-corrected chi connectivity index (χ4v) is 9.21. The number of anilines is 4. The number of halogens is 3. The smallest absolute Gasteiger partial charge is 0.778 e. The molecule has 0 spiro atoms. The SMILES string of the molecule is CC1(N)CCN(c2ncc(Sc3ccnc(N)c3Cl)c3c2CNC3=O)CC1.CC1(NC(=O)OC(C)(C)C)CCN(c2ncc(Br)c3c2CNC3=O)CC1.Nc1nccc([S-])c1Cl.[K+]. The molecule has 63 heavy (non-hydrogen) atoms. The topological polar surface area (TPSA) is 233 Å². The zero-order valence-corrected chi connectivity index (χ0v) is 43.9. The third-order valence-corrected chi connectivity index (χ3v) is 13.7. The maximum Gasteiger partial charge on any atom is 1.00 e. The Morgan fingerprint density at radius 1 is 0.841 bits per heavy atom. The van der Waals surface area contributed by atoms with Crippen LogP contribution in [0.1, 0.15) is 92.1 Å². The molecule has 0 bridgehead atoms. The first-order chi connectivity index (χ1) is 29.1. The predicted octanol–water partition coefficient (Wildman–Crippen LogP) is 3.62. The normalized spacial score (nSPS) is 17.0. The molecule has 332 valence electrons. The average Bonchev–Trinajstić information content (AvgIpc) is 3.79. The Balaban J connectivity index is 0.000000196. The summed E-state index contributed by atoms with van der Waals surface area (Å²) in [6.07, 6.45) is 9.53. The maximum atomic E-state index is 12.5. The molecular weight excluding hydrogens is 979 g/mol. The van der Waals surface area contributed by atoms with E-state index in [1.54, 1.807) is 30.7 Å². The molecule has 4 aliphatic rings. The van der Waals surface area contributed by atoms with Crippen LogP contribution in [0.4, 0.5) is 28.1 Å². The molecule has 8 rings (SSSR count). The summed E-state index contributed by atoms with van der Waals surface area (Å²) >= 11 is 21.4. The Morgan fingerprint density at radius 3 is 1.90 bits per heavy atom. The summed E-state index contributed by atoms with van der Waals surface area (Å²) in [5, 5.41) is 9.54. The number of amides is 3. The quantitative estimate of drug-likeness (QED) is 0.124. The molecule has 8 heterocycles. The van der Waals surface area contributed by atoms with E-state index in [9.17, 15) is 14.4 Å². The number of pyridine rings is 4. The number of nitrogens with zero attached hydrogens (tertiary/aromatic N) is 6. The summed E-state index contributed by atoms with van der Waals surface area (Å²) in [5.41, 5.74) is 19.6. The summed E-state index contributed by atoms with van der Waals surface area (Å²) in [6.45, 7) is 13.8. The number of hydrogen-bond donors (Lipinski definition) is 6. The number of nitrogens with one attached hydrogen (secondary N) is 3. The number of carbonyl (C=O) groups is 3. The van der Waals surface area contributed by atoms with Crippen molar-refractivity contribution in [3.05, 3.63) is 73.7 Å². The van der Waals surface area contributed by atoms with E-state index < -0.39 is 5.60 Å². The molecule has 2 fully saturated rings. The molecule has 16 nitrogen and oxygen atoms in total. The van der Waals surface area contributed by atoms with Crippen LogP contribution >= 0.6 is 50.9 Å². The van der Waals surface area contributed by atoms with Crippen LogP contribution < -0.4 is 94.3 Å². The van der Waals surface area contributed by atoms with E-state index in [1.165, 1.54) is 18.0 Å². The van der Waals surface area contributed by atoms with Crippen molar-refractivity contribution in [1.82, 2.24) is 35.9 Å². The van der Waals surface area contributed by atoms with E-state index in [-0.39, 0.29) is 86.2 Å². The number of fused-ring (bicyclic) bond motifs is 2. The maximum absolute atomic E-state index is 12.5. The number of carbonyl (C=O) groups excluding carboxylic acids is 3. The molecular formula is C41H50BrCl2KN12O4S2. The third-order valence-electron chi connectivity index (χ3n) is 10.7. The molecule has 4 aromatic heterocycles. The van der Waals surface area contributed by atoms with Gasteiger partial charge in [0.05, 0.1) is 21.2 Å². The van der Waals surface area contributed by atoms with E-state index in [0.717, 1.165) is 88.9 Å². The number of nitrogen functional groups attached to an aromatic ring is 2. The van der Waals surface area contributed by atoms with Crippen LogP contribution in [0, 0.1) is 0 Å². The van der Waals surface area contributed by atoms with Crippen molar-refractivity contribution in [1.29, 1.82) is 0 Å². The van der Waals surface area contributed by atoms with Crippen LogP contribution in [-0.2, 0) is 30.5 Å². The number of rotatable bonds is 5. The van der Waals surface area contributed by atoms with E-state index in [0.29, 0.717) is 45.0 Å². The van der Waals surface area contributed by atoms with Gasteiger partial charge in [-0.1, -0.05) is 41.0 Å². The van der Waals surface area contributed by atoms with Gasteiger partial charge in [0, 0.05) is 101 Å². The fraction of sp³-hybridized carbons (Fsp3) is 0.439. The van der Waals surface area contributed by atoms with Gasteiger partial charge in [-0.25, -0.2) is 24.7 Å². The first-order valence-corrected chi connectivity index (χ1v) is 22.6. The molecule has 0 radical (unpaired) electrons. The number of piperidine rings is 2. The van der Waals surface area contributed by atoms with Crippen molar-refractivity contribution in [2.24, 2.45) is 5.73 Å². The molecule has 4 aromatic rings. The van der Waals surface area contributed by atoms with Gasteiger partial charge in [-0.15, -0.1) is 0 Å². The van der Waals surface area contributed by atoms with Crippen LogP contribution in [0.2, 0.25) is 10.0 Å². The van der Waals surface area contributed by atoms with E-state index in [1.807, 2.05) is 27.7 Å². The second kappa shape index (κ2) is 21.2. The van der Waals surface area contributed by atoms with Crippen molar-refractivity contribution in [3.63, 3.8) is 0 Å². The number of ether oxygens (including phenoxy) is 1. The standard InChI is InChI=1S/C18H25BrN4O3.C18H21ClN6OS.C5H5ClN2S.K/c1-17(2,3)26-16(25)22-18(4)5-7-23(8-6-18)14-11-9-21-15(24)13(11)12(19)10-20-14;1-18(21)3-6-25(7-4-18)16-10-8-24-17(26)13(10)12(9-23-16)27-11-2-5-22-15(20)14(11)19;6-4-3(9)1-2-8-5(4)7;/h10H,5-9H2,1-4H3,(H,21,24)(H,22,25);2,5,9H,3-4,6-8,21H2,1H3,(H2,20,22)(H,24,26);1-2H,(H3,7,8,9);/q;;;+1/p-1. The van der Waals surface area contributed by atoms with Gasteiger partial charge in [0.15, 0.2) is 0 Å². The minimum Gasteiger partial charge on any atom is -0.778 e. The summed E-state index contributed by atoms with van der Waals surface area (Å²) in [6, 6.07) is 3.41. The molecule has 0 unspecified atom stereocenters. The largest absolute Gasteiger partial charge is 1.00 e. The second-order valence-electron chi connectivity index (χ2n) is 16.9. The Labute approximate surface area is 438 Å². The Kier molecular flexibility index (Phi) is 17.3. The van der Waals surface area contributed by atoms with Gasteiger partial charge >= 0.3 is 57.5 Å². The van der Waals surface area contributed by atoms with E-state index in [2.05, 4.69) is 68.5 Å². The Hall–Kier alpha value is -2.76. The van der Waals surface area contributed by atoms with Gasteiger partial charge in [0.2, 0.25) is 0 Å². The van der Waals surface area contributed by atoms with E-state index >= 15 is 0 Å². The Morgan fingerprint density at radius 2 is 1.35 bits per heavy atom. The second-order valence-corrected chi connectivity index (χ2v) is 20.0. The third kappa shape index (κ3) is 12.8. The molecule has 0 aliphatic carbocycles. The number of aromatic nitrogens is 4. The molecule has 9 N–H and O–H groups in total. The predicted molar refractivity (Wildman–Crippen MR) is 249 cm³/mol. The summed E-state index contributed by atoms with van der Waals surface area (Å²) < 4.78 is 6.10. The van der Waals surface area contributed by atoms with Gasteiger partial charge in [0.1, 0.15) is 28.9 Å². The first-order valence-electron chi connectivity index (χ1n) is 19.9. The summed E-state index contributed by atoms with van der Waals surface area (Å²) in [7, 11) is 0. The van der Waals surface area contributed by atoms with Crippen molar-refractivity contribution >= 4 is 105 Å². The van der Waals surface area contributed by atoms with E-state index in [4.69, 9.17) is 57.8 Å². The summed E-state index contributed by atoms with van der Waals surface area (Å²) in [4.78, 5) is 60.0. The van der Waals surface area contributed by atoms with Gasteiger partial charge in [0.25, 0.3) is 11.8 Å². The average molecular weight is 1030 g/mol. The van der Waals surface area contributed by atoms with Gasteiger partial charge in [-0.05, 0) is 82.3 Å². The van der Waals surface area contributed by atoms with Crippen molar-refractivity contribution < 1.29 is 70.5 Å².